The predicted molar refractivity (Wildman–Crippen MR) is 78.2 cm³/mol. The Bertz CT molecular complexity index is 542. The standard InChI is InChI=1S/C17H22N2O/c18-9-11-7-8-19(10-11)17(20)16-14-6-5-12-3-1-2-4-13(12)15(14)16/h1-4,11,14-16H,5-10,18H2. The Morgan fingerprint density at radius 3 is 2.95 bits per heavy atom. The molecule has 0 bridgehead atoms. The maximum Gasteiger partial charge on any atom is 0.226 e. The van der Waals surface area contributed by atoms with Crippen LogP contribution < -0.4 is 5.73 Å². The number of fused-ring (bicyclic) bond motifs is 3. The normalized spacial score (nSPS) is 34.5. The Morgan fingerprint density at radius 1 is 1.30 bits per heavy atom. The van der Waals surface area contributed by atoms with Gasteiger partial charge < -0.3 is 10.6 Å². The largest absolute Gasteiger partial charge is 0.342 e. The second-order valence-corrected chi connectivity index (χ2v) is 6.63. The molecule has 2 aliphatic carbocycles. The van der Waals surface area contributed by atoms with Crippen molar-refractivity contribution in [3.8, 4) is 0 Å². The van der Waals surface area contributed by atoms with E-state index in [1.165, 1.54) is 17.5 Å². The molecule has 0 radical (unpaired) electrons. The van der Waals surface area contributed by atoms with Gasteiger partial charge in [0, 0.05) is 19.0 Å². The lowest BCUT2D eigenvalue weighted by Gasteiger charge is -2.16. The van der Waals surface area contributed by atoms with E-state index in [4.69, 9.17) is 5.73 Å². The van der Waals surface area contributed by atoms with E-state index in [0.717, 1.165) is 25.9 Å². The highest BCUT2D eigenvalue weighted by molar-refractivity contribution is 5.84. The monoisotopic (exact) mass is 270 g/mol. The summed E-state index contributed by atoms with van der Waals surface area (Å²) in [6.07, 6.45) is 3.42. The summed E-state index contributed by atoms with van der Waals surface area (Å²) >= 11 is 0. The fourth-order valence-corrected chi connectivity index (χ4v) is 4.34. The number of hydrogen-bond acceptors (Lipinski definition) is 2. The first-order valence-corrected chi connectivity index (χ1v) is 7.86. The van der Waals surface area contributed by atoms with Gasteiger partial charge in [-0.25, -0.2) is 0 Å². The van der Waals surface area contributed by atoms with Crippen molar-refractivity contribution in [2.75, 3.05) is 19.6 Å². The summed E-state index contributed by atoms with van der Waals surface area (Å²) in [6.45, 7) is 2.51. The van der Waals surface area contributed by atoms with Crippen molar-refractivity contribution in [3.63, 3.8) is 0 Å². The first-order chi connectivity index (χ1) is 9.79. The maximum atomic E-state index is 12.7. The minimum absolute atomic E-state index is 0.259. The first kappa shape index (κ1) is 12.4. The summed E-state index contributed by atoms with van der Waals surface area (Å²) in [5, 5.41) is 0. The summed E-state index contributed by atoms with van der Waals surface area (Å²) < 4.78 is 0. The third kappa shape index (κ3) is 1.80. The second-order valence-electron chi connectivity index (χ2n) is 6.63. The maximum absolute atomic E-state index is 12.7. The van der Waals surface area contributed by atoms with E-state index in [1.807, 2.05) is 0 Å². The van der Waals surface area contributed by atoms with Crippen molar-refractivity contribution >= 4 is 5.91 Å². The predicted octanol–water partition coefficient (Wildman–Crippen LogP) is 1.77. The number of likely N-dealkylation sites (tertiary alicyclic amines) is 1. The molecule has 0 spiro atoms. The molecule has 4 rings (SSSR count). The highest BCUT2D eigenvalue weighted by Gasteiger charge is 2.58. The molecule has 3 aliphatic rings. The number of carbonyl (C=O) groups is 1. The van der Waals surface area contributed by atoms with Crippen molar-refractivity contribution < 1.29 is 4.79 Å². The van der Waals surface area contributed by atoms with Crippen LogP contribution >= 0.6 is 0 Å². The van der Waals surface area contributed by atoms with Crippen LogP contribution in [0.5, 0.6) is 0 Å². The average Bonchev–Trinajstić information content (AvgIpc) is 3.04. The van der Waals surface area contributed by atoms with Crippen molar-refractivity contribution in [1.82, 2.24) is 4.90 Å². The van der Waals surface area contributed by atoms with Crippen LogP contribution in [-0.4, -0.2) is 30.4 Å². The molecule has 1 aliphatic heterocycles. The van der Waals surface area contributed by atoms with Crippen LogP contribution in [0.2, 0.25) is 0 Å². The summed E-state index contributed by atoms with van der Waals surface area (Å²) in [4.78, 5) is 14.8. The Kier molecular flexibility index (Phi) is 2.84. The lowest BCUT2D eigenvalue weighted by molar-refractivity contribution is -0.132. The Hall–Kier alpha value is -1.35. The molecular weight excluding hydrogens is 248 g/mol. The van der Waals surface area contributed by atoms with E-state index in [1.54, 1.807) is 0 Å². The molecule has 1 aromatic rings. The fraction of sp³-hybridized carbons (Fsp3) is 0.588. The van der Waals surface area contributed by atoms with Gasteiger partial charge in [0.25, 0.3) is 0 Å². The summed E-state index contributed by atoms with van der Waals surface area (Å²) in [6, 6.07) is 8.68. The van der Waals surface area contributed by atoms with Crippen molar-refractivity contribution in [1.29, 1.82) is 0 Å². The van der Waals surface area contributed by atoms with Crippen LogP contribution in [0.1, 0.15) is 29.9 Å². The van der Waals surface area contributed by atoms with E-state index in [0.29, 0.717) is 30.2 Å². The van der Waals surface area contributed by atoms with Crippen LogP contribution in [0, 0.1) is 17.8 Å². The summed E-state index contributed by atoms with van der Waals surface area (Å²) in [5.74, 6) is 2.29. The van der Waals surface area contributed by atoms with Gasteiger partial charge in [0.05, 0.1) is 0 Å². The van der Waals surface area contributed by atoms with E-state index in [9.17, 15) is 4.79 Å². The van der Waals surface area contributed by atoms with Gasteiger partial charge in [0.1, 0.15) is 0 Å². The molecular formula is C17H22N2O. The zero-order valence-corrected chi connectivity index (χ0v) is 11.8. The average molecular weight is 270 g/mol. The van der Waals surface area contributed by atoms with Crippen molar-refractivity contribution in [2.45, 2.75) is 25.2 Å². The highest BCUT2D eigenvalue weighted by atomic mass is 16.2. The van der Waals surface area contributed by atoms with E-state index in [2.05, 4.69) is 29.2 Å². The number of aryl methyl sites for hydroxylation is 1. The second kappa shape index (κ2) is 4.59. The molecule has 2 N–H and O–H groups in total. The fourth-order valence-electron chi connectivity index (χ4n) is 4.34. The molecule has 3 heteroatoms. The van der Waals surface area contributed by atoms with E-state index in [-0.39, 0.29) is 5.92 Å². The lowest BCUT2D eigenvalue weighted by atomic mass is 9.92. The Morgan fingerprint density at radius 2 is 2.15 bits per heavy atom. The molecule has 1 amide bonds. The zero-order valence-electron chi connectivity index (χ0n) is 11.8. The molecule has 1 saturated heterocycles. The number of amides is 1. The number of nitrogens with zero attached hydrogens (tertiary/aromatic N) is 1. The lowest BCUT2D eigenvalue weighted by Crippen LogP contribution is -2.31. The minimum Gasteiger partial charge on any atom is -0.342 e. The molecule has 106 valence electrons. The van der Waals surface area contributed by atoms with Gasteiger partial charge in [-0.3, -0.25) is 4.79 Å². The Labute approximate surface area is 120 Å². The van der Waals surface area contributed by atoms with Crippen LogP contribution in [0.15, 0.2) is 24.3 Å². The molecule has 1 heterocycles. The number of carbonyl (C=O) groups excluding carboxylic acids is 1. The molecule has 4 unspecified atom stereocenters. The number of nitrogens with two attached hydrogens (primary N) is 1. The molecule has 2 fully saturated rings. The van der Waals surface area contributed by atoms with Gasteiger partial charge in [-0.1, -0.05) is 24.3 Å². The van der Waals surface area contributed by atoms with Crippen molar-refractivity contribution in [3.05, 3.63) is 35.4 Å². The summed E-state index contributed by atoms with van der Waals surface area (Å²) in [7, 11) is 0. The molecule has 1 aromatic carbocycles. The van der Waals surface area contributed by atoms with Crippen LogP contribution in [-0.2, 0) is 11.2 Å². The zero-order chi connectivity index (χ0) is 13.7. The third-order valence-electron chi connectivity index (χ3n) is 5.55. The Balaban J connectivity index is 1.51. The van der Waals surface area contributed by atoms with Gasteiger partial charge >= 0.3 is 0 Å². The molecule has 4 atom stereocenters. The van der Waals surface area contributed by atoms with E-state index >= 15 is 0 Å². The molecule has 3 nitrogen and oxygen atoms in total. The topological polar surface area (TPSA) is 46.3 Å². The van der Waals surface area contributed by atoms with Gasteiger partial charge in [-0.15, -0.1) is 0 Å². The van der Waals surface area contributed by atoms with Gasteiger partial charge in [-0.2, -0.15) is 0 Å². The van der Waals surface area contributed by atoms with E-state index < -0.39 is 0 Å². The van der Waals surface area contributed by atoms with Crippen LogP contribution in [0.3, 0.4) is 0 Å². The van der Waals surface area contributed by atoms with Crippen molar-refractivity contribution in [2.24, 2.45) is 23.5 Å². The van der Waals surface area contributed by atoms with Gasteiger partial charge in [0.15, 0.2) is 0 Å². The third-order valence-corrected chi connectivity index (χ3v) is 5.55. The summed E-state index contributed by atoms with van der Waals surface area (Å²) in [5.41, 5.74) is 8.63. The quantitative estimate of drug-likeness (QED) is 0.890. The first-order valence-electron chi connectivity index (χ1n) is 7.86. The van der Waals surface area contributed by atoms with Gasteiger partial charge in [0.2, 0.25) is 5.91 Å². The number of hydrogen-bond donors (Lipinski definition) is 1. The highest BCUT2D eigenvalue weighted by Crippen LogP contribution is 2.60. The minimum atomic E-state index is 0.259. The molecule has 20 heavy (non-hydrogen) atoms. The van der Waals surface area contributed by atoms with Gasteiger partial charge in [-0.05, 0) is 54.7 Å². The smallest absolute Gasteiger partial charge is 0.226 e. The molecule has 1 saturated carbocycles. The molecule has 0 aromatic heterocycles. The number of benzene rings is 1. The number of rotatable bonds is 2. The van der Waals surface area contributed by atoms with Crippen LogP contribution in [0.4, 0.5) is 0 Å². The SMILES string of the molecule is NCC1CCN(C(=O)C2C3CCc4ccccc4C32)C1. The van der Waals surface area contributed by atoms with Crippen LogP contribution in [0.25, 0.3) is 0 Å².